The van der Waals surface area contributed by atoms with Gasteiger partial charge >= 0.3 is 0 Å². The van der Waals surface area contributed by atoms with Crippen LogP contribution in [0.2, 0.25) is 0 Å². The third-order valence-electron chi connectivity index (χ3n) is 1.16. The molecule has 1 aromatic rings. The SMILES string of the molecule is CC(=O)O.[SiH3]/C=C/c1ccccc1. The van der Waals surface area contributed by atoms with Gasteiger partial charge in [-0.3, -0.25) is 4.79 Å². The summed E-state index contributed by atoms with van der Waals surface area (Å²) < 4.78 is 0. The Hall–Kier alpha value is -1.35. The van der Waals surface area contributed by atoms with Gasteiger partial charge in [0.1, 0.15) is 0 Å². The fourth-order valence-electron chi connectivity index (χ4n) is 0.757. The molecule has 0 aromatic heterocycles. The number of benzene rings is 1. The van der Waals surface area contributed by atoms with Gasteiger partial charge in [-0.15, -0.1) is 5.70 Å². The Labute approximate surface area is 81.3 Å². The van der Waals surface area contributed by atoms with Crippen LogP contribution in [-0.4, -0.2) is 21.3 Å². The monoisotopic (exact) mass is 194 g/mol. The molecule has 0 bridgehead atoms. The Kier molecular flexibility index (Phi) is 6.54. The zero-order chi connectivity index (χ0) is 10.1. The Balaban J connectivity index is 0.000000310. The summed E-state index contributed by atoms with van der Waals surface area (Å²) in [6.07, 6.45) is 2.15. The van der Waals surface area contributed by atoms with Crippen molar-refractivity contribution in [3.63, 3.8) is 0 Å². The van der Waals surface area contributed by atoms with E-state index < -0.39 is 5.97 Å². The zero-order valence-corrected chi connectivity index (χ0v) is 9.90. The van der Waals surface area contributed by atoms with Gasteiger partial charge in [-0.2, -0.15) is 0 Å². The largest absolute Gasteiger partial charge is 0.481 e. The van der Waals surface area contributed by atoms with Gasteiger partial charge in [0.15, 0.2) is 0 Å². The van der Waals surface area contributed by atoms with Crippen molar-refractivity contribution < 1.29 is 9.90 Å². The number of carboxylic acid groups (broad SMARTS) is 1. The highest BCUT2D eigenvalue weighted by Gasteiger charge is 1.77. The molecule has 0 aliphatic heterocycles. The zero-order valence-electron chi connectivity index (χ0n) is 7.90. The maximum Gasteiger partial charge on any atom is 0.300 e. The van der Waals surface area contributed by atoms with E-state index >= 15 is 0 Å². The van der Waals surface area contributed by atoms with Crippen LogP contribution in [0, 0.1) is 0 Å². The fourth-order valence-corrected chi connectivity index (χ4v) is 1.14. The summed E-state index contributed by atoms with van der Waals surface area (Å²) in [6, 6.07) is 10.3. The van der Waals surface area contributed by atoms with Crippen molar-refractivity contribution in [2.75, 3.05) is 0 Å². The smallest absolute Gasteiger partial charge is 0.300 e. The van der Waals surface area contributed by atoms with Crippen molar-refractivity contribution in [2.24, 2.45) is 0 Å². The van der Waals surface area contributed by atoms with Crippen LogP contribution in [-0.2, 0) is 4.79 Å². The molecule has 2 nitrogen and oxygen atoms in total. The van der Waals surface area contributed by atoms with E-state index in [9.17, 15) is 0 Å². The van der Waals surface area contributed by atoms with Crippen LogP contribution in [0.4, 0.5) is 0 Å². The first kappa shape index (κ1) is 11.6. The van der Waals surface area contributed by atoms with Crippen LogP contribution >= 0.6 is 0 Å². The summed E-state index contributed by atoms with van der Waals surface area (Å²) in [5.41, 5.74) is 3.47. The summed E-state index contributed by atoms with van der Waals surface area (Å²) in [7, 11) is 1.14. The Morgan fingerprint density at radius 1 is 1.38 bits per heavy atom. The van der Waals surface area contributed by atoms with Crippen LogP contribution < -0.4 is 0 Å². The third kappa shape index (κ3) is 8.55. The lowest BCUT2D eigenvalue weighted by Crippen LogP contribution is -1.78. The highest BCUT2D eigenvalue weighted by molar-refractivity contribution is 6.19. The molecular weight excluding hydrogens is 180 g/mol. The number of aliphatic carboxylic acids is 1. The van der Waals surface area contributed by atoms with Crippen LogP contribution in [0.25, 0.3) is 6.08 Å². The molecule has 0 spiro atoms. The number of carboxylic acids is 1. The van der Waals surface area contributed by atoms with Crippen molar-refractivity contribution in [3.05, 3.63) is 41.6 Å². The predicted molar refractivity (Wildman–Crippen MR) is 58.7 cm³/mol. The Morgan fingerprint density at radius 3 is 2.23 bits per heavy atom. The summed E-state index contributed by atoms with van der Waals surface area (Å²) in [5.74, 6) is -0.833. The topological polar surface area (TPSA) is 37.3 Å². The van der Waals surface area contributed by atoms with E-state index in [4.69, 9.17) is 9.90 Å². The molecule has 0 fully saturated rings. The quantitative estimate of drug-likeness (QED) is 0.680. The molecule has 70 valence electrons. The van der Waals surface area contributed by atoms with Gasteiger partial charge in [0.2, 0.25) is 0 Å². The van der Waals surface area contributed by atoms with E-state index in [-0.39, 0.29) is 0 Å². The van der Waals surface area contributed by atoms with E-state index in [0.29, 0.717) is 0 Å². The molecule has 0 atom stereocenters. The lowest BCUT2D eigenvalue weighted by atomic mass is 10.2. The first-order valence-electron chi connectivity index (χ1n) is 4.04. The molecule has 0 aliphatic rings. The van der Waals surface area contributed by atoms with E-state index in [1.807, 2.05) is 6.07 Å². The van der Waals surface area contributed by atoms with Gasteiger partial charge in [0.05, 0.1) is 0 Å². The van der Waals surface area contributed by atoms with Crippen LogP contribution in [0.5, 0.6) is 0 Å². The molecule has 1 aromatic carbocycles. The maximum absolute atomic E-state index is 9.00. The van der Waals surface area contributed by atoms with Gasteiger partial charge in [0.25, 0.3) is 5.97 Å². The minimum atomic E-state index is -0.833. The second-order valence-corrected chi connectivity index (χ2v) is 3.10. The molecule has 1 N–H and O–H groups in total. The van der Waals surface area contributed by atoms with Gasteiger partial charge < -0.3 is 5.11 Å². The highest BCUT2D eigenvalue weighted by Crippen LogP contribution is 1.98. The van der Waals surface area contributed by atoms with Crippen molar-refractivity contribution in [3.8, 4) is 0 Å². The van der Waals surface area contributed by atoms with Crippen molar-refractivity contribution in [1.29, 1.82) is 0 Å². The standard InChI is InChI=1S/C8H10Si.C2H4O2/c9-7-6-8-4-2-1-3-5-8;1-2(3)4/h1-7H,9H3;1H3,(H,3,4)/b7-6+;. The van der Waals surface area contributed by atoms with Crippen LogP contribution in [0.15, 0.2) is 36.0 Å². The van der Waals surface area contributed by atoms with Crippen molar-refractivity contribution >= 4 is 22.3 Å². The molecule has 0 unspecified atom stereocenters. The number of hydrogen-bond acceptors (Lipinski definition) is 1. The normalized spacial score (nSPS) is 9.31. The lowest BCUT2D eigenvalue weighted by Gasteiger charge is -1.87. The van der Waals surface area contributed by atoms with Gasteiger partial charge in [-0.25, -0.2) is 0 Å². The first-order valence-corrected chi connectivity index (χ1v) is 5.19. The van der Waals surface area contributed by atoms with E-state index in [1.54, 1.807) is 0 Å². The van der Waals surface area contributed by atoms with E-state index in [0.717, 1.165) is 17.2 Å². The number of rotatable bonds is 1. The molecule has 0 radical (unpaired) electrons. The number of carbonyl (C=O) groups is 1. The average Bonchev–Trinajstić information content (AvgIpc) is 2.06. The molecule has 0 saturated heterocycles. The molecule has 0 amide bonds. The van der Waals surface area contributed by atoms with Gasteiger partial charge in [-0.05, 0) is 5.56 Å². The van der Waals surface area contributed by atoms with E-state index in [2.05, 4.69) is 36.0 Å². The van der Waals surface area contributed by atoms with Gasteiger partial charge in [-0.1, -0.05) is 36.4 Å². The Bertz CT molecular complexity index is 264. The molecular formula is C10H14O2Si. The Morgan fingerprint density at radius 2 is 1.85 bits per heavy atom. The maximum atomic E-state index is 9.00. The molecule has 0 aliphatic carbocycles. The summed E-state index contributed by atoms with van der Waals surface area (Å²) in [5, 5.41) is 7.42. The van der Waals surface area contributed by atoms with Crippen LogP contribution in [0.3, 0.4) is 0 Å². The number of hydrogen-bond donors (Lipinski definition) is 1. The molecule has 0 saturated carbocycles. The van der Waals surface area contributed by atoms with Crippen molar-refractivity contribution in [2.45, 2.75) is 6.92 Å². The minimum Gasteiger partial charge on any atom is -0.481 e. The van der Waals surface area contributed by atoms with E-state index in [1.165, 1.54) is 5.56 Å². The molecule has 3 heteroatoms. The summed E-state index contributed by atoms with van der Waals surface area (Å²) in [4.78, 5) is 9.00. The summed E-state index contributed by atoms with van der Waals surface area (Å²) >= 11 is 0. The third-order valence-corrected chi connectivity index (χ3v) is 1.49. The molecule has 1 rings (SSSR count). The second-order valence-electron chi connectivity index (χ2n) is 2.43. The van der Waals surface area contributed by atoms with Crippen molar-refractivity contribution in [1.82, 2.24) is 0 Å². The summed E-state index contributed by atoms with van der Waals surface area (Å²) in [6.45, 7) is 1.08. The average molecular weight is 194 g/mol. The van der Waals surface area contributed by atoms with Crippen LogP contribution in [0.1, 0.15) is 12.5 Å². The fraction of sp³-hybridized carbons (Fsp3) is 0.100. The lowest BCUT2D eigenvalue weighted by molar-refractivity contribution is -0.134. The molecule has 0 heterocycles. The first-order chi connectivity index (χ1) is 6.16. The predicted octanol–water partition coefficient (Wildman–Crippen LogP) is 1.11. The van der Waals surface area contributed by atoms with Gasteiger partial charge in [0, 0.05) is 17.2 Å². The highest BCUT2D eigenvalue weighted by atomic mass is 28.1. The minimum absolute atomic E-state index is 0.833. The molecule has 13 heavy (non-hydrogen) atoms. The second kappa shape index (κ2) is 7.30.